The first kappa shape index (κ1) is 8.26. The molecule has 66 valence electrons. The first-order valence-electron chi connectivity index (χ1n) is 4.19. The Labute approximate surface area is 79.6 Å². The summed E-state index contributed by atoms with van der Waals surface area (Å²) >= 11 is 3.25. The largest absolute Gasteiger partial charge is 0.349 e. The highest BCUT2D eigenvalue weighted by atomic mass is 79.9. The summed E-state index contributed by atoms with van der Waals surface area (Å²) in [5, 5.41) is 7.32. The Morgan fingerprint density at radius 3 is 3.17 bits per heavy atom. The molecule has 0 amide bonds. The van der Waals surface area contributed by atoms with E-state index in [9.17, 15) is 0 Å². The van der Waals surface area contributed by atoms with Gasteiger partial charge in [0.1, 0.15) is 0 Å². The van der Waals surface area contributed by atoms with Gasteiger partial charge in [-0.2, -0.15) is 0 Å². The van der Waals surface area contributed by atoms with Crippen molar-refractivity contribution in [3.63, 3.8) is 0 Å². The topological polar surface area (TPSA) is 38.1 Å². The number of hydrogen-bond acceptors (Lipinski definition) is 3. The summed E-state index contributed by atoms with van der Waals surface area (Å²) in [6.07, 6.45) is 2.45. The fourth-order valence-corrected chi connectivity index (χ4v) is 1.87. The summed E-state index contributed by atoms with van der Waals surface area (Å²) in [4.78, 5) is 0. The maximum atomic E-state index is 4.96. The molecule has 1 N–H and O–H groups in total. The van der Waals surface area contributed by atoms with Crippen molar-refractivity contribution in [2.45, 2.75) is 18.8 Å². The van der Waals surface area contributed by atoms with Gasteiger partial charge in [0, 0.05) is 18.5 Å². The van der Waals surface area contributed by atoms with Crippen molar-refractivity contribution in [1.82, 2.24) is 10.5 Å². The number of aromatic nitrogens is 1. The molecule has 1 aliphatic heterocycles. The van der Waals surface area contributed by atoms with E-state index in [4.69, 9.17) is 4.52 Å². The van der Waals surface area contributed by atoms with Crippen LogP contribution < -0.4 is 5.32 Å². The molecule has 1 aromatic heterocycles. The highest BCUT2D eigenvalue weighted by Gasteiger charge is 2.18. The number of nitrogens with one attached hydrogen (secondary N) is 1. The number of piperidine rings is 1. The third-order valence-electron chi connectivity index (χ3n) is 2.21. The number of halogens is 1. The van der Waals surface area contributed by atoms with Crippen molar-refractivity contribution < 1.29 is 4.52 Å². The fourth-order valence-electron chi connectivity index (χ4n) is 1.56. The maximum Gasteiger partial charge on any atom is 0.202 e. The molecule has 1 atom stereocenters. The van der Waals surface area contributed by atoms with Gasteiger partial charge in [-0.15, -0.1) is 0 Å². The standard InChI is InChI=1S/C8H11BrN2O/c9-8-4-7(11-12-8)6-2-1-3-10-5-6/h4,6,10H,1-3,5H2. The van der Waals surface area contributed by atoms with Crippen LogP contribution >= 0.6 is 15.9 Å². The normalized spacial score (nSPS) is 24.2. The summed E-state index contributed by atoms with van der Waals surface area (Å²) in [6, 6.07) is 1.96. The highest BCUT2D eigenvalue weighted by Crippen LogP contribution is 2.24. The van der Waals surface area contributed by atoms with Crippen LogP contribution in [0.5, 0.6) is 0 Å². The van der Waals surface area contributed by atoms with Gasteiger partial charge < -0.3 is 9.84 Å². The summed E-state index contributed by atoms with van der Waals surface area (Å²) in [7, 11) is 0. The highest BCUT2D eigenvalue weighted by molar-refractivity contribution is 9.10. The zero-order valence-electron chi connectivity index (χ0n) is 6.72. The summed E-state index contributed by atoms with van der Waals surface area (Å²) in [5.41, 5.74) is 1.06. The zero-order chi connectivity index (χ0) is 8.39. The molecule has 0 radical (unpaired) electrons. The first-order valence-corrected chi connectivity index (χ1v) is 4.98. The van der Waals surface area contributed by atoms with E-state index < -0.39 is 0 Å². The second-order valence-corrected chi connectivity index (χ2v) is 3.88. The predicted molar refractivity (Wildman–Crippen MR) is 49.0 cm³/mol. The molecule has 2 heterocycles. The molecule has 2 rings (SSSR count). The van der Waals surface area contributed by atoms with Crippen LogP contribution in [0.4, 0.5) is 0 Å². The third-order valence-corrected chi connectivity index (χ3v) is 2.59. The minimum Gasteiger partial charge on any atom is -0.349 e. The van der Waals surface area contributed by atoms with Gasteiger partial charge in [0.2, 0.25) is 4.67 Å². The van der Waals surface area contributed by atoms with E-state index >= 15 is 0 Å². The van der Waals surface area contributed by atoms with Crippen LogP contribution in [0.3, 0.4) is 0 Å². The predicted octanol–water partition coefficient (Wildman–Crippen LogP) is 1.90. The van der Waals surface area contributed by atoms with Crippen LogP contribution in [0.15, 0.2) is 15.3 Å². The molecule has 1 fully saturated rings. The lowest BCUT2D eigenvalue weighted by atomic mass is 9.97. The Bertz CT molecular complexity index is 255. The summed E-state index contributed by atoms with van der Waals surface area (Å²) < 4.78 is 5.68. The molecule has 1 aliphatic rings. The number of rotatable bonds is 1. The van der Waals surface area contributed by atoms with E-state index in [2.05, 4.69) is 26.4 Å². The van der Waals surface area contributed by atoms with Gasteiger partial charge >= 0.3 is 0 Å². The molecule has 3 nitrogen and oxygen atoms in total. The van der Waals surface area contributed by atoms with Crippen molar-refractivity contribution in [2.24, 2.45) is 0 Å². The molecular weight excluding hydrogens is 220 g/mol. The van der Waals surface area contributed by atoms with Crippen molar-refractivity contribution in [3.8, 4) is 0 Å². The minimum atomic E-state index is 0.536. The number of nitrogens with zero attached hydrogens (tertiary/aromatic N) is 1. The van der Waals surface area contributed by atoms with Gasteiger partial charge in [0.05, 0.1) is 5.69 Å². The lowest BCUT2D eigenvalue weighted by molar-refractivity contribution is 0.373. The van der Waals surface area contributed by atoms with Gasteiger partial charge in [0.15, 0.2) is 0 Å². The van der Waals surface area contributed by atoms with E-state index in [0.717, 1.165) is 23.5 Å². The van der Waals surface area contributed by atoms with E-state index in [1.807, 2.05) is 6.07 Å². The van der Waals surface area contributed by atoms with Crippen molar-refractivity contribution >= 4 is 15.9 Å². The molecule has 0 saturated carbocycles. The molecule has 4 heteroatoms. The Hall–Kier alpha value is -0.350. The van der Waals surface area contributed by atoms with Crippen molar-refractivity contribution in [2.75, 3.05) is 13.1 Å². The second kappa shape index (κ2) is 3.58. The lowest BCUT2D eigenvalue weighted by Crippen LogP contribution is -2.28. The molecule has 1 aromatic rings. The van der Waals surface area contributed by atoms with Gasteiger partial charge in [-0.1, -0.05) is 5.16 Å². The van der Waals surface area contributed by atoms with Crippen molar-refractivity contribution in [3.05, 3.63) is 16.4 Å². The molecular formula is C8H11BrN2O. The monoisotopic (exact) mass is 230 g/mol. The van der Waals surface area contributed by atoms with Crippen LogP contribution in [-0.2, 0) is 0 Å². The maximum absolute atomic E-state index is 4.96. The van der Waals surface area contributed by atoms with Gasteiger partial charge in [-0.25, -0.2) is 0 Å². The average Bonchev–Trinajstić information content (AvgIpc) is 2.54. The van der Waals surface area contributed by atoms with Crippen LogP contribution in [0.2, 0.25) is 0 Å². The summed E-state index contributed by atoms with van der Waals surface area (Å²) in [5.74, 6) is 0.536. The van der Waals surface area contributed by atoms with Crippen LogP contribution in [0.1, 0.15) is 24.5 Å². The Balaban J connectivity index is 2.08. The molecule has 0 aromatic carbocycles. The van der Waals surface area contributed by atoms with E-state index in [-0.39, 0.29) is 0 Å². The molecule has 12 heavy (non-hydrogen) atoms. The molecule has 0 aliphatic carbocycles. The summed E-state index contributed by atoms with van der Waals surface area (Å²) in [6.45, 7) is 2.16. The molecule has 1 unspecified atom stereocenters. The van der Waals surface area contributed by atoms with Gasteiger partial charge in [-0.05, 0) is 35.3 Å². The molecule has 0 bridgehead atoms. The Morgan fingerprint density at radius 2 is 2.58 bits per heavy atom. The van der Waals surface area contributed by atoms with Crippen LogP contribution in [0.25, 0.3) is 0 Å². The zero-order valence-corrected chi connectivity index (χ0v) is 8.30. The molecule has 1 saturated heterocycles. The van der Waals surface area contributed by atoms with Gasteiger partial charge in [-0.3, -0.25) is 0 Å². The van der Waals surface area contributed by atoms with E-state index in [0.29, 0.717) is 5.92 Å². The van der Waals surface area contributed by atoms with Gasteiger partial charge in [0.25, 0.3) is 0 Å². The average molecular weight is 231 g/mol. The van der Waals surface area contributed by atoms with Crippen LogP contribution in [-0.4, -0.2) is 18.2 Å². The van der Waals surface area contributed by atoms with Crippen LogP contribution in [0, 0.1) is 0 Å². The lowest BCUT2D eigenvalue weighted by Gasteiger charge is -2.19. The Morgan fingerprint density at radius 1 is 1.67 bits per heavy atom. The third kappa shape index (κ3) is 1.69. The molecule has 0 spiro atoms. The first-order chi connectivity index (χ1) is 5.86. The fraction of sp³-hybridized carbons (Fsp3) is 0.625. The van der Waals surface area contributed by atoms with E-state index in [1.54, 1.807) is 0 Å². The SMILES string of the molecule is Brc1cc(C2CCCNC2)no1. The number of hydrogen-bond donors (Lipinski definition) is 1. The Kier molecular flexibility index (Phi) is 2.46. The second-order valence-electron chi connectivity index (χ2n) is 3.10. The minimum absolute atomic E-state index is 0.536. The quantitative estimate of drug-likeness (QED) is 0.802. The smallest absolute Gasteiger partial charge is 0.202 e. The van der Waals surface area contributed by atoms with E-state index in [1.165, 1.54) is 12.8 Å². The van der Waals surface area contributed by atoms with Crippen molar-refractivity contribution in [1.29, 1.82) is 0 Å².